The molecule has 0 saturated heterocycles. The lowest BCUT2D eigenvalue weighted by atomic mass is 10.0. The third-order valence-electron chi connectivity index (χ3n) is 10.3. The highest BCUT2D eigenvalue weighted by molar-refractivity contribution is 6.13. The van der Waals surface area contributed by atoms with Gasteiger partial charge in [-0.15, -0.1) is 0 Å². The van der Waals surface area contributed by atoms with Crippen LogP contribution in [0.3, 0.4) is 0 Å². The van der Waals surface area contributed by atoms with Crippen molar-refractivity contribution in [2.75, 3.05) is 4.90 Å². The highest BCUT2D eigenvalue weighted by Crippen LogP contribution is 2.40. The van der Waals surface area contributed by atoms with Crippen LogP contribution in [0.1, 0.15) is 0 Å². The third-order valence-corrected chi connectivity index (χ3v) is 10.3. The zero-order valence-corrected chi connectivity index (χ0v) is 30.4. The Morgan fingerprint density at radius 3 is 1.36 bits per heavy atom. The Morgan fingerprint density at radius 1 is 0.321 bits per heavy atom. The molecule has 0 aliphatic carbocycles. The molecule has 0 amide bonds. The average Bonchev–Trinajstić information content (AvgIpc) is 3.63. The Bertz CT molecular complexity index is 2870. The van der Waals surface area contributed by atoms with Crippen LogP contribution in [-0.2, 0) is 0 Å². The van der Waals surface area contributed by atoms with Crippen LogP contribution in [0.5, 0.6) is 0 Å². The number of rotatable bonds is 8. The number of nitrogens with zero attached hydrogens (tertiary/aromatic N) is 5. The van der Waals surface area contributed by atoms with E-state index in [1.54, 1.807) is 0 Å². The van der Waals surface area contributed by atoms with Crippen LogP contribution in [0.4, 0.5) is 17.1 Å². The minimum absolute atomic E-state index is 0.571. The smallest absolute Gasteiger partial charge is 0.238 e. The molecule has 0 aliphatic rings. The minimum Gasteiger partial charge on any atom is -0.311 e. The zero-order valence-electron chi connectivity index (χ0n) is 30.4. The van der Waals surface area contributed by atoms with Gasteiger partial charge in [-0.25, -0.2) is 4.98 Å². The van der Waals surface area contributed by atoms with E-state index >= 15 is 0 Å². The molecular weight excluding hydrogens is 683 g/mol. The first-order valence-electron chi connectivity index (χ1n) is 18.8. The monoisotopic (exact) mass is 717 g/mol. The van der Waals surface area contributed by atoms with E-state index in [1.165, 1.54) is 11.1 Å². The molecule has 0 unspecified atom stereocenters. The largest absolute Gasteiger partial charge is 0.311 e. The van der Waals surface area contributed by atoms with Crippen LogP contribution in [0.15, 0.2) is 212 Å². The Labute approximate surface area is 325 Å². The van der Waals surface area contributed by atoms with Gasteiger partial charge in [0.2, 0.25) is 5.95 Å². The second-order valence-electron chi connectivity index (χ2n) is 13.7. The maximum Gasteiger partial charge on any atom is 0.238 e. The van der Waals surface area contributed by atoms with Crippen molar-refractivity contribution in [3.63, 3.8) is 0 Å². The van der Waals surface area contributed by atoms with E-state index in [1.807, 2.05) is 60.7 Å². The van der Waals surface area contributed by atoms with Crippen molar-refractivity contribution < 1.29 is 0 Å². The minimum atomic E-state index is 0.571. The molecule has 56 heavy (non-hydrogen) atoms. The Morgan fingerprint density at radius 2 is 0.768 bits per heavy atom. The summed E-state index contributed by atoms with van der Waals surface area (Å²) in [5, 5.41) is 2.27. The number of hydrogen-bond donors (Lipinski definition) is 0. The van der Waals surface area contributed by atoms with Gasteiger partial charge in [0, 0.05) is 44.5 Å². The summed E-state index contributed by atoms with van der Waals surface area (Å²) >= 11 is 0. The summed E-state index contributed by atoms with van der Waals surface area (Å²) in [6.07, 6.45) is 0. The van der Waals surface area contributed by atoms with Gasteiger partial charge in [0.05, 0.1) is 11.0 Å². The van der Waals surface area contributed by atoms with Crippen LogP contribution in [0.2, 0.25) is 0 Å². The summed E-state index contributed by atoms with van der Waals surface area (Å²) in [6, 6.07) is 74.0. The van der Waals surface area contributed by atoms with E-state index in [-0.39, 0.29) is 0 Å². The van der Waals surface area contributed by atoms with Crippen molar-refractivity contribution in [3.05, 3.63) is 212 Å². The molecule has 2 aromatic heterocycles. The van der Waals surface area contributed by atoms with Crippen LogP contribution in [-0.4, -0.2) is 19.5 Å². The van der Waals surface area contributed by atoms with E-state index in [2.05, 4.69) is 161 Å². The van der Waals surface area contributed by atoms with Gasteiger partial charge in [-0.05, 0) is 59.2 Å². The maximum atomic E-state index is 5.17. The normalized spacial score (nSPS) is 11.2. The molecule has 0 N–H and O–H groups in total. The van der Waals surface area contributed by atoms with Gasteiger partial charge in [-0.2, -0.15) is 9.97 Å². The Kier molecular flexibility index (Phi) is 8.43. The lowest BCUT2D eigenvalue weighted by Gasteiger charge is -2.26. The summed E-state index contributed by atoms with van der Waals surface area (Å²) in [6.45, 7) is 0. The maximum absolute atomic E-state index is 5.17. The van der Waals surface area contributed by atoms with Crippen molar-refractivity contribution in [2.24, 2.45) is 0 Å². The Hall–Kier alpha value is -7.63. The molecule has 0 radical (unpaired) electrons. The van der Waals surface area contributed by atoms with Gasteiger partial charge in [-0.1, -0.05) is 170 Å². The van der Waals surface area contributed by atoms with Gasteiger partial charge in [0.15, 0.2) is 11.6 Å². The summed E-state index contributed by atoms with van der Waals surface area (Å²) in [5.74, 6) is 1.82. The average molecular weight is 718 g/mol. The summed E-state index contributed by atoms with van der Waals surface area (Å²) in [4.78, 5) is 17.6. The van der Waals surface area contributed by atoms with Gasteiger partial charge in [0.1, 0.15) is 0 Å². The van der Waals surface area contributed by atoms with Gasteiger partial charge < -0.3 is 4.90 Å². The molecule has 0 spiro atoms. The van der Waals surface area contributed by atoms with E-state index in [0.29, 0.717) is 17.6 Å². The van der Waals surface area contributed by atoms with E-state index in [9.17, 15) is 0 Å². The van der Waals surface area contributed by atoms with Gasteiger partial charge in [0.25, 0.3) is 0 Å². The number of hydrogen-bond acceptors (Lipinski definition) is 4. The van der Waals surface area contributed by atoms with E-state index < -0.39 is 0 Å². The predicted octanol–water partition coefficient (Wildman–Crippen LogP) is 13.1. The zero-order chi connectivity index (χ0) is 37.3. The van der Waals surface area contributed by atoms with Crippen molar-refractivity contribution in [3.8, 4) is 51.0 Å². The molecule has 264 valence electrons. The fourth-order valence-corrected chi connectivity index (χ4v) is 7.60. The molecule has 10 rings (SSSR count). The SMILES string of the molecule is c1ccc(-c2ccc(N(c3ccccc3)c3ccc(-c4cccc5c6ccccc6n(-c6nc(-c7ccccc7)nc(-c7ccccc7)n6)c45)cc3)cc2)cc1. The Balaban J connectivity index is 1.12. The van der Waals surface area contributed by atoms with E-state index in [4.69, 9.17) is 15.0 Å². The van der Waals surface area contributed by atoms with Crippen LogP contribution in [0, 0.1) is 0 Å². The number of para-hydroxylation sites is 3. The molecule has 0 atom stereocenters. The highest BCUT2D eigenvalue weighted by atomic mass is 15.2. The van der Waals surface area contributed by atoms with Crippen LogP contribution >= 0.6 is 0 Å². The van der Waals surface area contributed by atoms with Gasteiger partial charge >= 0.3 is 0 Å². The number of fused-ring (bicyclic) bond motifs is 3. The van der Waals surface area contributed by atoms with Crippen molar-refractivity contribution in [1.82, 2.24) is 19.5 Å². The molecule has 0 aliphatic heterocycles. The number of anilines is 3. The second kappa shape index (κ2) is 14.3. The fraction of sp³-hybridized carbons (Fsp3) is 0. The molecule has 0 bridgehead atoms. The molecule has 5 heteroatoms. The standard InChI is InChI=1S/C51H35N5/c1-5-16-36(17-6-1)37-28-32-42(33-29-37)55(41-22-11-4-12-23-41)43-34-30-38(31-35-43)44-25-15-26-46-45-24-13-14-27-47(45)56(48(44)46)51-53-49(39-18-7-2-8-19-39)52-50(54-51)40-20-9-3-10-21-40/h1-35H. The van der Waals surface area contributed by atoms with Crippen LogP contribution in [0.25, 0.3) is 72.8 Å². The molecule has 10 aromatic rings. The van der Waals surface area contributed by atoms with E-state index in [0.717, 1.165) is 61.1 Å². The summed E-state index contributed by atoms with van der Waals surface area (Å²) < 4.78 is 2.21. The van der Waals surface area contributed by atoms with Crippen molar-refractivity contribution >= 4 is 38.9 Å². The molecule has 0 saturated carbocycles. The summed E-state index contributed by atoms with van der Waals surface area (Å²) in [7, 11) is 0. The molecular formula is C51H35N5. The van der Waals surface area contributed by atoms with Gasteiger partial charge in [-0.3, -0.25) is 4.57 Å². The second-order valence-corrected chi connectivity index (χ2v) is 13.7. The first-order chi connectivity index (χ1) is 27.8. The number of aromatic nitrogens is 4. The fourth-order valence-electron chi connectivity index (χ4n) is 7.60. The quantitative estimate of drug-likeness (QED) is 0.157. The highest BCUT2D eigenvalue weighted by Gasteiger charge is 2.21. The molecule has 8 aromatic carbocycles. The summed E-state index contributed by atoms with van der Waals surface area (Å²) in [5.41, 5.74) is 11.8. The molecule has 2 heterocycles. The predicted molar refractivity (Wildman–Crippen MR) is 231 cm³/mol. The van der Waals surface area contributed by atoms with Crippen LogP contribution < -0.4 is 4.90 Å². The van der Waals surface area contributed by atoms with Crippen molar-refractivity contribution in [1.29, 1.82) is 0 Å². The topological polar surface area (TPSA) is 46.8 Å². The first kappa shape index (κ1) is 33.0. The first-order valence-corrected chi connectivity index (χ1v) is 18.8. The number of benzene rings is 8. The molecule has 0 fully saturated rings. The third kappa shape index (κ3) is 6.07. The van der Waals surface area contributed by atoms with Crippen molar-refractivity contribution in [2.45, 2.75) is 0 Å². The lowest BCUT2D eigenvalue weighted by Crippen LogP contribution is -2.09. The molecule has 5 nitrogen and oxygen atoms in total. The lowest BCUT2D eigenvalue weighted by molar-refractivity contribution is 0.954.